The number of aliphatic imine (C=N–C) groups is 1. The van der Waals surface area contributed by atoms with Gasteiger partial charge in [-0.2, -0.15) is 0 Å². The number of aryl methyl sites for hydroxylation is 1. The highest BCUT2D eigenvalue weighted by atomic mass is 35.5. The summed E-state index contributed by atoms with van der Waals surface area (Å²) in [6, 6.07) is 9.63. The van der Waals surface area contributed by atoms with Crippen LogP contribution in [0.1, 0.15) is 35.0 Å². The minimum Gasteiger partial charge on any atom is -0.459 e. The predicted molar refractivity (Wildman–Crippen MR) is 110 cm³/mol. The Morgan fingerprint density at radius 2 is 2.04 bits per heavy atom. The molecule has 0 saturated heterocycles. The lowest BCUT2D eigenvalue weighted by Crippen LogP contribution is -2.38. The van der Waals surface area contributed by atoms with Gasteiger partial charge in [-0.15, -0.1) is 0 Å². The number of amides is 1. The smallest absolute Gasteiger partial charge is 0.287 e. The monoisotopic (exact) mass is 390 g/mol. The number of carbonyl (C=O) groups excluding carboxylic acids is 1. The Morgan fingerprint density at radius 1 is 1.19 bits per heavy atom. The van der Waals surface area contributed by atoms with E-state index in [-0.39, 0.29) is 5.91 Å². The molecule has 0 aliphatic rings. The van der Waals surface area contributed by atoms with Crippen LogP contribution in [0.3, 0.4) is 0 Å². The van der Waals surface area contributed by atoms with E-state index in [1.54, 1.807) is 6.07 Å². The van der Waals surface area contributed by atoms with Crippen LogP contribution in [-0.2, 0) is 6.42 Å². The third kappa shape index (κ3) is 7.35. The van der Waals surface area contributed by atoms with Gasteiger partial charge in [-0.3, -0.25) is 9.79 Å². The lowest BCUT2D eigenvalue weighted by atomic mass is 10.1. The molecule has 0 unspecified atom stereocenters. The van der Waals surface area contributed by atoms with Gasteiger partial charge in [0.05, 0.1) is 6.26 Å². The molecule has 0 spiro atoms. The zero-order chi connectivity index (χ0) is 19.5. The summed E-state index contributed by atoms with van der Waals surface area (Å²) in [6.07, 6.45) is 3.13. The standard InChI is InChI=1S/C20H27ClN4O2/c1-3-22-20(25-12-8-16-6-4-7-17(21)14-16)24-11-5-10-23-19(26)18-15(2)9-13-27-18/h4,6-7,9,13-14H,3,5,8,10-12H2,1-2H3,(H,23,26)(H2,22,24,25). The van der Waals surface area contributed by atoms with Crippen LogP contribution in [0.5, 0.6) is 0 Å². The number of carbonyl (C=O) groups is 1. The Balaban J connectivity index is 1.69. The van der Waals surface area contributed by atoms with Crippen LogP contribution in [0, 0.1) is 6.92 Å². The Labute approximate surface area is 165 Å². The summed E-state index contributed by atoms with van der Waals surface area (Å²) in [4.78, 5) is 16.5. The second kappa shape index (κ2) is 11.3. The van der Waals surface area contributed by atoms with Gasteiger partial charge in [-0.05, 0) is 50.5 Å². The van der Waals surface area contributed by atoms with Crippen molar-refractivity contribution in [3.63, 3.8) is 0 Å². The molecule has 0 atom stereocenters. The fourth-order valence-corrected chi connectivity index (χ4v) is 2.73. The number of guanidine groups is 1. The number of halogens is 1. The maximum absolute atomic E-state index is 12.0. The number of hydrogen-bond donors (Lipinski definition) is 3. The molecular weight excluding hydrogens is 364 g/mol. The van der Waals surface area contributed by atoms with Crippen molar-refractivity contribution in [2.45, 2.75) is 26.7 Å². The van der Waals surface area contributed by atoms with E-state index in [1.807, 2.05) is 32.0 Å². The first-order valence-corrected chi connectivity index (χ1v) is 9.57. The van der Waals surface area contributed by atoms with Crippen LogP contribution in [0.4, 0.5) is 0 Å². The number of furan rings is 1. The Bertz CT molecular complexity index is 758. The lowest BCUT2D eigenvalue weighted by molar-refractivity contribution is 0.0925. The number of nitrogens with zero attached hydrogens (tertiary/aromatic N) is 1. The van der Waals surface area contributed by atoms with Crippen molar-refractivity contribution < 1.29 is 9.21 Å². The second-order valence-corrected chi connectivity index (χ2v) is 6.55. The molecule has 1 amide bonds. The summed E-state index contributed by atoms with van der Waals surface area (Å²) < 4.78 is 5.17. The molecule has 0 saturated carbocycles. The normalized spacial score (nSPS) is 11.3. The van der Waals surface area contributed by atoms with Crippen molar-refractivity contribution in [1.82, 2.24) is 16.0 Å². The third-order valence-corrected chi connectivity index (χ3v) is 4.13. The molecule has 7 heteroatoms. The maximum atomic E-state index is 12.0. The van der Waals surface area contributed by atoms with E-state index in [0.29, 0.717) is 18.8 Å². The van der Waals surface area contributed by atoms with Crippen molar-refractivity contribution in [3.8, 4) is 0 Å². The van der Waals surface area contributed by atoms with Crippen LogP contribution in [0.25, 0.3) is 0 Å². The van der Waals surface area contributed by atoms with Gasteiger partial charge in [0.1, 0.15) is 0 Å². The van der Waals surface area contributed by atoms with Crippen molar-refractivity contribution in [2.24, 2.45) is 4.99 Å². The van der Waals surface area contributed by atoms with E-state index in [2.05, 4.69) is 27.0 Å². The highest BCUT2D eigenvalue weighted by Gasteiger charge is 2.11. The highest BCUT2D eigenvalue weighted by Crippen LogP contribution is 2.10. The van der Waals surface area contributed by atoms with E-state index in [1.165, 1.54) is 11.8 Å². The molecular formula is C20H27ClN4O2. The van der Waals surface area contributed by atoms with Crippen molar-refractivity contribution in [2.75, 3.05) is 26.2 Å². The molecule has 0 fully saturated rings. The van der Waals surface area contributed by atoms with E-state index < -0.39 is 0 Å². The van der Waals surface area contributed by atoms with Gasteiger partial charge in [0.25, 0.3) is 5.91 Å². The predicted octanol–water partition coefficient (Wildman–Crippen LogP) is 3.16. The molecule has 27 heavy (non-hydrogen) atoms. The Hall–Kier alpha value is -2.47. The van der Waals surface area contributed by atoms with Gasteiger partial charge in [0, 0.05) is 36.8 Å². The van der Waals surface area contributed by atoms with E-state index in [9.17, 15) is 4.79 Å². The number of nitrogens with one attached hydrogen (secondary N) is 3. The van der Waals surface area contributed by atoms with Crippen LogP contribution < -0.4 is 16.0 Å². The van der Waals surface area contributed by atoms with Gasteiger partial charge in [0.2, 0.25) is 0 Å². The molecule has 6 nitrogen and oxygen atoms in total. The first kappa shape index (κ1) is 20.8. The van der Waals surface area contributed by atoms with Crippen LogP contribution in [-0.4, -0.2) is 38.0 Å². The van der Waals surface area contributed by atoms with Gasteiger partial charge in [0.15, 0.2) is 11.7 Å². The molecule has 2 rings (SSSR count). The molecule has 0 radical (unpaired) electrons. The molecule has 1 heterocycles. The molecule has 146 valence electrons. The van der Waals surface area contributed by atoms with E-state index in [0.717, 1.165) is 42.5 Å². The van der Waals surface area contributed by atoms with Gasteiger partial charge >= 0.3 is 0 Å². The average molecular weight is 391 g/mol. The second-order valence-electron chi connectivity index (χ2n) is 6.11. The largest absolute Gasteiger partial charge is 0.459 e. The number of benzene rings is 1. The molecule has 2 aromatic rings. The average Bonchev–Trinajstić information content (AvgIpc) is 3.07. The summed E-state index contributed by atoms with van der Waals surface area (Å²) in [7, 11) is 0. The number of hydrogen-bond acceptors (Lipinski definition) is 3. The minimum absolute atomic E-state index is 0.187. The van der Waals surface area contributed by atoms with Crippen molar-refractivity contribution in [3.05, 3.63) is 58.5 Å². The zero-order valence-corrected chi connectivity index (χ0v) is 16.6. The Morgan fingerprint density at radius 3 is 2.74 bits per heavy atom. The van der Waals surface area contributed by atoms with Crippen LogP contribution in [0.2, 0.25) is 5.02 Å². The quantitative estimate of drug-likeness (QED) is 0.349. The molecule has 0 aliphatic carbocycles. The first-order valence-electron chi connectivity index (χ1n) is 9.19. The lowest BCUT2D eigenvalue weighted by Gasteiger charge is -2.11. The Kier molecular flexibility index (Phi) is 8.71. The number of rotatable bonds is 9. The van der Waals surface area contributed by atoms with Gasteiger partial charge in [-0.25, -0.2) is 0 Å². The SMILES string of the molecule is CCNC(=NCCCNC(=O)c1occc1C)NCCc1cccc(Cl)c1. The minimum atomic E-state index is -0.187. The summed E-state index contributed by atoms with van der Waals surface area (Å²) in [6.45, 7) is 6.59. The van der Waals surface area contributed by atoms with Crippen molar-refractivity contribution in [1.29, 1.82) is 0 Å². The molecule has 1 aromatic heterocycles. The highest BCUT2D eigenvalue weighted by molar-refractivity contribution is 6.30. The fraction of sp³-hybridized carbons (Fsp3) is 0.400. The molecule has 3 N–H and O–H groups in total. The third-order valence-electron chi connectivity index (χ3n) is 3.90. The van der Waals surface area contributed by atoms with Gasteiger partial charge < -0.3 is 20.4 Å². The summed E-state index contributed by atoms with van der Waals surface area (Å²) >= 11 is 6.01. The molecule has 0 aliphatic heterocycles. The maximum Gasteiger partial charge on any atom is 0.287 e. The topological polar surface area (TPSA) is 78.7 Å². The molecule has 0 bridgehead atoms. The molecule has 1 aromatic carbocycles. The van der Waals surface area contributed by atoms with Crippen LogP contribution >= 0.6 is 11.6 Å². The summed E-state index contributed by atoms with van der Waals surface area (Å²) in [5.41, 5.74) is 2.02. The summed E-state index contributed by atoms with van der Waals surface area (Å²) in [5, 5.41) is 10.1. The first-order chi connectivity index (χ1) is 13.1. The van der Waals surface area contributed by atoms with Crippen LogP contribution in [0.15, 0.2) is 46.0 Å². The zero-order valence-electron chi connectivity index (χ0n) is 15.8. The van der Waals surface area contributed by atoms with Gasteiger partial charge in [-0.1, -0.05) is 23.7 Å². The van der Waals surface area contributed by atoms with E-state index in [4.69, 9.17) is 16.0 Å². The van der Waals surface area contributed by atoms with Crippen molar-refractivity contribution >= 4 is 23.5 Å². The summed E-state index contributed by atoms with van der Waals surface area (Å²) in [5.74, 6) is 0.954. The van der Waals surface area contributed by atoms with E-state index >= 15 is 0 Å². The fourth-order valence-electron chi connectivity index (χ4n) is 2.52.